The molecule has 8 heteroatoms. The molecule has 1 aliphatic heterocycles. The highest BCUT2D eigenvalue weighted by atomic mass is 32.1. The summed E-state index contributed by atoms with van der Waals surface area (Å²) in [5, 5.41) is 5.46. The minimum absolute atomic E-state index is 0.0245. The van der Waals surface area contributed by atoms with Crippen LogP contribution in [-0.2, 0) is 18.0 Å². The first-order valence-electron chi connectivity index (χ1n) is 10.5. The van der Waals surface area contributed by atoms with Crippen molar-refractivity contribution in [1.82, 2.24) is 23.6 Å². The van der Waals surface area contributed by atoms with Crippen LogP contribution in [0, 0.1) is 10.7 Å². The fraction of sp³-hybridized carbons (Fsp3) is 0.571. The van der Waals surface area contributed by atoms with Crippen molar-refractivity contribution in [3.63, 3.8) is 0 Å². The molecule has 2 aromatic heterocycles. The molecule has 7 nitrogen and oxygen atoms in total. The smallest absolute Gasteiger partial charge is 0.262 e. The zero-order valence-electron chi connectivity index (χ0n) is 17.2. The van der Waals surface area contributed by atoms with Gasteiger partial charge in [-0.3, -0.25) is 18.7 Å². The molecule has 0 radical (unpaired) electrons. The Labute approximate surface area is 175 Å². The predicted octanol–water partition coefficient (Wildman–Crippen LogP) is 3.30. The lowest BCUT2D eigenvalue weighted by Gasteiger charge is -2.29. The van der Waals surface area contributed by atoms with Crippen molar-refractivity contribution in [3.05, 3.63) is 39.4 Å². The van der Waals surface area contributed by atoms with E-state index >= 15 is 0 Å². The summed E-state index contributed by atoms with van der Waals surface area (Å²) < 4.78 is 11.6. The quantitative estimate of drug-likeness (QED) is 0.438. The summed E-state index contributed by atoms with van der Waals surface area (Å²) in [6.45, 7) is 8.90. The summed E-state index contributed by atoms with van der Waals surface area (Å²) >= 11 is 5.80. The van der Waals surface area contributed by atoms with Crippen molar-refractivity contribution in [2.45, 2.75) is 46.3 Å². The Morgan fingerprint density at radius 3 is 2.76 bits per heavy atom. The molecule has 0 aliphatic carbocycles. The number of likely N-dealkylation sites (tertiary alicyclic amines) is 1. The van der Waals surface area contributed by atoms with Gasteiger partial charge in [0.15, 0.2) is 0 Å². The molecule has 3 heterocycles. The lowest BCUT2D eigenvalue weighted by atomic mass is 10.00. The minimum Gasteiger partial charge on any atom is -0.382 e. The Kier molecular flexibility index (Phi) is 6.12. The Balaban J connectivity index is 1.77. The molecule has 1 fully saturated rings. The van der Waals surface area contributed by atoms with Gasteiger partial charge in [0.05, 0.1) is 17.6 Å². The number of hydrogen-bond acceptors (Lipinski definition) is 5. The SMILES string of the molecule is CCOCCCn1c(=O)c2ccccc2n2c(=S)n(CN3CCC(C)CC3)nc12. The zero-order chi connectivity index (χ0) is 20.4. The summed E-state index contributed by atoms with van der Waals surface area (Å²) in [6.07, 6.45) is 3.16. The van der Waals surface area contributed by atoms with E-state index in [9.17, 15) is 4.79 Å². The maximum Gasteiger partial charge on any atom is 0.262 e. The number of para-hydroxylation sites is 1. The molecule has 0 N–H and O–H groups in total. The maximum atomic E-state index is 13.2. The van der Waals surface area contributed by atoms with E-state index in [1.807, 2.05) is 40.3 Å². The lowest BCUT2D eigenvalue weighted by molar-refractivity contribution is 0.141. The molecule has 3 aromatic rings. The van der Waals surface area contributed by atoms with Gasteiger partial charge in [0, 0.05) is 32.8 Å². The average molecular weight is 416 g/mol. The van der Waals surface area contributed by atoms with Gasteiger partial charge in [-0.1, -0.05) is 19.1 Å². The van der Waals surface area contributed by atoms with E-state index < -0.39 is 0 Å². The number of fused-ring (bicyclic) bond motifs is 3. The molecule has 0 amide bonds. The number of hydrogen-bond donors (Lipinski definition) is 0. The number of piperidine rings is 1. The van der Waals surface area contributed by atoms with Crippen LogP contribution in [-0.4, -0.2) is 50.0 Å². The minimum atomic E-state index is -0.0245. The van der Waals surface area contributed by atoms with Crippen LogP contribution in [0.25, 0.3) is 16.7 Å². The molecule has 29 heavy (non-hydrogen) atoms. The van der Waals surface area contributed by atoms with E-state index in [1.165, 1.54) is 12.8 Å². The van der Waals surface area contributed by atoms with E-state index in [0.717, 1.165) is 30.9 Å². The first-order chi connectivity index (χ1) is 14.1. The van der Waals surface area contributed by atoms with E-state index in [4.69, 9.17) is 22.1 Å². The van der Waals surface area contributed by atoms with Gasteiger partial charge in [-0.25, -0.2) is 4.68 Å². The Morgan fingerprint density at radius 1 is 1.24 bits per heavy atom. The highest BCUT2D eigenvalue weighted by Gasteiger charge is 2.19. The Hall–Kier alpha value is -2.03. The van der Waals surface area contributed by atoms with Crippen LogP contribution in [0.1, 0.15) is 33.1 Å². The van der Waals surface area contributed by atoms with Crippen LogP contribution in [0.15, 0.2) is 29.1 Å². The molecule has 0 atom stereocenters. The van der Waals surface area contributed by atoms with Crippen molar-refractivity contribution < 1.29 is 4.74 Å². The third kappa shape index (κ3) is 4.01. The van der Waals surface area contributed by atoms with Crippen LogP contribution in [0.5, 0.6) is 0 Å². The molecule has 1 saturated heterocycles. The molecule has 0 saturated carbocycles. The molecule has 0 spiro atoms. The molecule has 0 bridgehead atoms. The highest BCUT2D eigenvalue weighted by molar-refractivity contribution is 7.71. The number of ether oxygens (including phenoxy) is 1. The number of rotatable bonds is 7. The van der Waals surface area contributed by atoms with Gasteiger partial charge in [0.25, 0.3) is 5.56 Å². The van der Waals surface area contributed by atoms with Crippen molar-refractivity contribution >= 4 is 28.9 Å². The van der Waals surface area contributed by atoms with Gasteiger partial charge in [-0.15, -0.1) is 5.10 Å². The van der Waals surface area contributed by atoms with E-state index in [1.54, 1.807) is 4.57 Å². The summed E-state index contributed by atoms with van der Waals surface area (Å²) in [5.74, 6) is 1.39. The first kappa shape index (κ1) is 20.3. The van der Waals surface area contributed by atoms with Crippen LogP contribution >= 0.6 is 12.2 Å². The number of aromatic nitrogens is 4. The maximum absolute atomic E-state index is 13.2. The van der Waals surface area contributed by atoms with Gasteiger partial charge < -0.3 is 4.74 Å². The van der Waals surface area contributed by atoms with Gasteiger partial charge in [0.2, 0.25) is 10.5 Å². The largest absolute Gasteiger partial charge is 0.382 e. The van der Waals surface area contributed by atoms with Crippen molar-refractivity contribution in [3.8, 4) is 0 Å². The summed E-state index contributed by atoms with van der Waals surface area (Å²) in [6, 6.07) is 7.63. The Morgan fingerprint density at radius 2 is 2.00 bits per heavy atom. The normalized spacial score (nSPS) is 16.2. The van der Waals surface area contributed by atoms with Crippen molar-refractivity contribution in [2.24, 2.45) is 5.92 Å². The molecule has 0 unspecified atom stereocenters. The molecule has 4 rings (SSSR count). The lowest BCUT2D eigenvalue weighted by Crippen LogP contribution is -2.34. The fourth-order valence-electron chi connectivity index (χ4n) is 4.02. The topological polar surface area (TPSA) is 56.7 Å². The van der Waals surface area contributed by atoms with Gasteiger partial charge >= 0.3 is 0 Å². The average Bonchev–Trinajstić information content (AvgIpc) is 3.05. The van der Waals surface area contributed by atoms with E-state index in [-0.39, 0.29) is 5.56 Å². The van der Waals surface area contributed by atoms with Gasteiger partial charge in [0.1, 0.15) is 0 Å². The third-order valence-corrected chi connectivity index (χ3v) is 6.16. The van der Waals surface area contributed by atoms with Gasteiger partial charge in [-0.05, 0) is 56.5 Å². The van der Waals surface area contributed by atoms with Crippen LogP contribution in [0.4, 0.5) is 0 Å². The Bertz CT molecular complexity index is 1110. The van der Waals surface area contributed by atoms with Crippen LogP contribution < -0.4 is 5.56 Å². The van der Waals surface area contributed by atoms with Crippen molar-refractivity contribution in [1.29, 1.82) is 0 Å². The molecule has 1 aliphatic rings. The third-order valence-electron chi connectivity index (χ3n) is 5.77. The molecular formula is C21H29N5O2S. The van der Waals surface area contributed by atoms with Crippen molar-refractivity contribution in [2.75, 3.05) is 26.3 Å². The highest BCUT2D eigenvalue weighted by Crippen LogP contribution is 2.18. The monoisotopic (exact) mass is 415 g/mol. The zero-order valence-corrected chi connectivity index (χ0v) is 18.0. The number of nitrogens with zero attached hydrogens (tertiary/aromatic N) is 5. The molecular weight excluding hydrogens is 386 g/mol. The fourth-order valence-corrected chi connectivity index (χ4v) is 4.30. The second-order valence-corrected chi connectivity index (χ2v) is 8.25. The number of benzene rings is 1. The van der Waals surface area contributed by atoms with E-state index in [0.29, 0.717) is 42.4 Å². The van der Waals surface area contributed by atoms with E-state index in [2.05, 4.69) is 11.8 Å². The summed E-state index contributed by atoms with van der Waals surface area (Å²) in [4.78, 5) is 15.6. The first-order valence-corrected chi connectivity index (χ1v) is 10.9. The summed E-state index contributed by atoms with van der Waals surface area (Å²) in [5.41, 5.74) is 0.792. The summed E-state index contributed by atoms with van der Waals surface area (Å²) in [7, 11) is 0. The second kappa shape index (κ2) is 8.77. The van der Waals surface area contributed by atoms with Gasteiger partial charge in [-0.2, -0.15) is 0 Å². The van der Waals surface area contributed by atoms with Crippen LogP contribution in [0.3, 0.4) is 0 Å². The second-order valence-electron chi connectivity index (χ2n) is 7.88. The molecule has 1 aromatic carbocycles. The molecule has 156 valence electrons. The predicted molar refractivity (Wildman–Crippen MR) is 117 cm³/mol. The number of aryl methyl sites for hydroxylation is 1. The standard InChI is InChI=1S/C21H29N5O2S/c1-3-28-14-6-11-24-19(27)17-7-4-5-8-18(17)26-20(24)22-25(21(26)29)15-23-12-9-16(2)10-13-23/h4-5,7-8,16H,3,6,9-15H2,1-2H3. The van der Waals surface area contributed by atoms with Crippen LogP contribution in [0.2, 0.25) is 0 Å².